The maximum Gasteiger partial charge on any atom is 0.132 e. The Hall–Kier alpha value is -5.90. The van der Waals surface area contributed by atoms with Crippen molar-refractivity contribution in [2.24, 2.45) is 0 Å². The van der Waals surface area contributed by atoms with Gasteiger partial charge in [0.05, 0.1) is 11.5 Å². The van der Waals surface area contributed by atoms with Gasteiger partial charge in [-0.25, -0.2) is 0 Å². The Kier molecular flexibility index (Phi) is 5.99. The van der Waals surface area contributed by atoms with Crippen molar-refractivity contribution in [2.75, 3.05) is 0 Å². The molecule has 0 bridgehead atoms. The summed E-state index contributed by atoms with van der Waals surface area (Å²) in [5.41, 5.74) is 11.7. The molecule has 0 radical (unpaired) electrons. The Morgan fingerprint density at radius 1 is 0.521 bits per heavy atom. The molecular weight excluding hydrogens is 585 g/mol. The molecule has 7 aromatic rings. The highest BCUT2D eigenvalue weighted by Crippen LogP contribution is 2.63. The van der Waals surface area contributed by atoms with E-state index in [1.807, 2.05) is 0 Å². The van der Waals surface area contributed by atoms with E-state index in [4.69, 9.17) is 4.74 Å². The summed E-state index contributed by atoms with van der Waals surface area (Å²) in [4.78, 5) is 0. The van der Waals surface area contributed by atoms with Crippen LogP contribution in [0.3, 0.4) is 0 Å². The maximum absolute atomic E-state index is 6.65. The third kappa shape index (κ3) is 3.92. The van der Waals surface area contributed by atoms with E-state index in [0.717, 1.165) is 17.2 Å². The average Bonchev–Trinajstić information content (AvgIpc) is 3.46. The first kappa shape index (κ1) is 27.2. The standard InChI is InChI=1S/C45H32N2O/c1-3-14-30(15-4-1)39-28-40(47-44(46-39)31-16-5-2-6-17-31)32-24-25-34-35-26-23-29-13-7-8-18-33(29)43(35)45(38(34)27-32)36-19-9-11-21-41(36)48-42-22-12-10-20-37(42)45/h1-28,40,44,46-47H. The van der Waals surface area contributed by atoms with Gasteiger partial charge in [-0.05, 0) is 67.9 Å². The Morgan fingerprint density at radius 3 is 1.94 bits per heavy atom. The molecule has 48 heavy (non-hydrogen) atoms. The maximum atomic E-state index is 6.65. The van der Waals surface area contributed by atoms with Gasteiger partial charge in [-0.3, -0.25) is 5.32 Å². The van der Waals surface area contributed by atoms with Crippen LogP contribution in [-0.2, 0) is 5.41 Å². The van der Waals surface area contributed by atoms with Crippen LogP contribution in [-0.4, -0.2) is 0 Å². The van der Waals surface area contributed by atoms with Gasteiger partial charge in [-0.1, -0.05) is 152 Å². The van der Waals surface area contributed by atoms with Crippen LogP contribution in [0.4, 0.5) is 0 Å². The minimum absolute atomic E-state index is 0.0280. The number of fused-ring (bicyclic) bond motifs is 11. The number of hydrogen-bond acceptors (Lipinski definition) is 3. The van der Waals surface area contributed by atoms with Gasteiger partial charge >= 0.3 is 0 Å². The molecule has 0 saturated heterocycles. The van der Waals surface area contributed by atoms with Gasteiger partial charge in [0.1, 0.15) is 17.7 Å². The van der Waals surface area contributed by atoms with Crippen molar-refractivity contribution < 1.29 is 4.74 Å². The van der Waals surface area contributed by atoms with Crippen LogP contribution in [0.5, 0.6) is 11.5 Å². The molecular formula is C45H32N2O. The summed E-state index contributed by atoms with van der Waals surface area (Å²) in [5, 5.41) is 10.2. The lowest BCUT2D eigenvalue weighted by Gasteiger charge is -2.40. The normalized spacial score (nSPS) is 18.1. The molecule has 3 aliphatic rings. The van der Waals surface area contributed by atoms with Gasteiger partial charge < -0.3 is 10.1 Å². The van der Waals surface area contributed by atoms with Crippen LogP contribution in [0, 0.1) is 0 Å². The first-order valence-corrected chi connectivity index (χ1v) is 16.7. The molecule has 1 spiro atoms. The zero-order valence-corrected chi connectivity index (χ0v) is 26.2. The molecule has 2 aliphatic heterocycles. The molecule has 3 heteroatoms. The topological polar surface area (TPSA) is 33.3 Å². The molecule has 228 valence electrons. The molecule has 7 aromatic carbocycles. The van der Waals surface area contributed by atoms with E-state index in [1.165, 1.54) is 60.8 Å². The van der Waals surface area contributed by atoms with Crippen LogP contribution in [0.1, 0.15) is 51.2 Å². The monoisotopic (exact) mass is 616 g/mol. The largest absolute Gasteiger partial charge is 0.457 e. The Bertz CT molecular complexity index is 2350. The van der Waals surface area contributed by atoms with Crippen LogP contribution >= 0.6 is 0 Å². The van der Waals surface area contributed by atoms with E-state index < -0.39 is 5.41 Å². The van der Waals surface area contributed by atoms with E-state index in [9.17, 15) is 0 Å². The predicted octanol–water partition coefficient (Wildman–Crippen LogP) is 10.3. The lowest BCUT2D eigenvalue weighted by Crippen LogP contribution is -2.39. The summed E-state index contributed by atoms with van der Waals surface area (Å²) in [6.45, 7) is 0. The SMILES string of the molecule is C1=C(c2ccccc2)NC(c2ccccc2)NC1c1ccc2c(c1)C1(c3ccccc3Oc3ccccc31)c1c-2ccc2ccccc12. The van der Waals surface area contributed by atoms with Crippen molar-refractivity contribution in [3.05, 3.63) is 209 Å². The molecule has 0 amide bonds. The molecule has 0 fully saturated rings. The third-order valence-electron chi connectivity index (χ3n) is 10.4. The number of nitrogens with one attached hydrogen (secondary N) is 2. The molecule has 2 N–H and O–H groups in total. The van der Waals surface area contributed by atoms with E-state index >= 15 is 0 Å². The zero-order valence-electron chi connectivity index (χ0n) is 26.2. The Labute approximate surface area is 280 Å². The fourth-order valence-corrected chi connectivity index (χ4v) is 8.34. The third-order valence-corrected chi connectivity index (χ3v) is 10.4. The molecule has 2 atom stereocenters. The highest BCUT2D eigenvalue weighted by Gasteiger charge is 2.52. The number of hydrogen-bond donors (Lipinski definition) is 2. The van der Waals surface area contributed by atoms with E-state index in [0.29, 0.717) is 0 Å². The Balaban J connectivity index is 1.24. The minimum atomic E-state index is -0.551. The number of ether oxygens (including phenoxy) is 1. The minimum Gasteiger partial charge on any atom is -0.457 e. The second-order valence-electron chi connectivity index (χ2n) is 12.9. The zero-order chi connectivity index (χ0) is 31.7. The molecule has 10 rings (SSSR count). The quantitative estimate of drug-likeness (QED) is 0.207. The van der Waals surface area contributed by atoms with Gasteiger partial charge in [0.25, 0.3) is 0 Å². The van der Waals surface area contributed by atoms with Crippen molar-refractivity contribution in [1.82, 2.24) is 10.6 Å². The van der Waals surface area contributed by atoms with Gasteiger partial charge in [-0.2, -0.15) is 0 Å². The fraction of sp³-hybridized carbons (Fsp3) is 0.0667. The molecule has 3 nitrogen and oxygen atoms in total. The second-order valence-corrected chi connectivity index (χ2v) is 12.9. The molecule has 2 heterocycles. The Morgan fingerprint density at radius 2 is 1.17 bits per heavy atom. The van der Waals surface area contributed by atoms with E-state index in [2.05, 4.69) is 181 Å². The number of benzene rings is 7. The summed E-state index contributed by atoms with van der Waals surface area (Å²) < 4.78 is 6.65. The van der Waals surface area contributed by atoms with Gasteiger partial charge in [0.2, 0.25) is 0 Å². The highest BCUT2D eigenvalue weighted by atomic mass is 16.5. The summed E-state index contributed by atoms with van der Waals surface area (Å²) in [6, 6.07) is 59.0. The van der Waals surface area contributed by atoms with Crippen molar-refractivity contribution in [3.8, 4) is 22.6 Å². The molecule has 2 unspecified atom stereocenters. The molecule has 0 saturated carbocycles. The van der Waals surface area contributed by atoms with Crippen LogP contribution in [0.2, 0.25) is 0 Å². The molecule has 0 aromatic heterocycles. The lowest BCUT2D eigenvalue weighted by molar-refractivity contribution is 0.435. The summed E-state index contributed by atoms with van der Waals surface area (Å²) in [7, 11) is 0. The van der Waals surface area contributed by atoms with Gasteiger partial charge in [0, 0.05) is 16.8 Å². The van der Waals surface area contributed by atoms with Gasteiger partial charge in [-0.15, -0.1) is 0 Å². The lowest BCUT2D eigenvalue weighted by atomic mass is 9.65. The van der Waals surface area contributed by atoms with Crippen molar-refractivity contribution >= 4 is 16.5 Å². The summed E-state index contributed by atoms with van der Waals surface area (Å²) >= 11 is 0. The van der Waals surface area contributed by atoms with Crippen molar-refractivity contribution in [2.45, 2.75) is 17.6 Å². The number of para-hydroxylation sites is 2. The van der Waals surface area contributed by atoms with Crippen LogP contribution < -0.4 is 15.4 Å². The summed E-state index contributed by atoms with van der Waals surface area (Å²) in [6.07, 6.45) is 2.29. The first-order valence-electron chi connectivity index (χ1n) is 16.7. The van der Waals surface area contributed by atoms with Crippen LogP contribution in [0.25, 0.3) is 27.6 Å². The fourth-order valence-electron chi connectivity index (χ4n) is 8.34. The van der Waals surface area contributed by atoms with Crippen LogP contribution in [0.15, 0.2) is 170 Å². The highest BCUT2D eigenvalue weighted by molar-refractivity contribution is 6.01. The second kappa shape index (κ2) is 10.6. The van der Waals surface area contributed by atoms with Crippen molar-refractivity contribution in [1.29, 1.82) is 0 Å². The average molecular weight is 617 g/mol. The number of rotatable bonds is 3. The van der Waals surface area contributed by atoms with E-state index in [-0.39, 0.29) is 12.2 Å². The van der Waals surface area contributed by atoms with E-state index in [1.54, 1.807) is 0 Å². The first-order chi connectivity index (χ1) is 23.8. The predicted molar refractivity (Wildman–Crippen MR) is 194 cm³/mol. The van der Waals surface area contributed by atoms with Crippen molar-refractivity contribution in [3.63, 3.8) is 0 Å². The smallest absolute Gasteiger partial charge is 0.132 e. The van der Waals surface area contributed by atoms with Gasteiger partial charge in [0.15, 0.2) is 0 Å². The summed E-state index contributed by atoms with van der Waals surface area (Å²) in [5.74, 6) is 1.81. The molecule has 1 aliphatic carbocycles.